The first-order valence-electron chi connectivity index (χ1n) is 9.59. The van der Waals surface area contributed by atoms with Crippen molar-refractivity contribution in [2.75, 3.05) is 23.3 Å². The third kappa shape index (κ3) is 3.90. The highest BCUT2D eigenvalue weighted by molar-refractivity contribution is 5.83. The third-order valence-electron chi connectivity index (χ3n) is 5.38. The number of nitriles is 1. The summed E-state index contributed by atoms with van der Waals surface area (Å²) in [6, 6.07) is 2.58. The Bertz CT molecular complexity index is 708. The topological polar surface area (TPSA) is 86.4 Å². The van der Waals surface area contributed by atoms with Crippen LogP contribution in [0, 0.1) is 11.3 Å². The molecule has 7 heteroatoms. The van der Waals surface area contributed by atoms with E-state index in [0.717, 1.165) is 63.1 Å². The number of hydrogen-bond acceptors (Lipinski definition) is 7. The normalized spacial score (nSPS) is 22.7. The summed E-state index contributed by atoms with van der Waals surface area (Å²) in [6.45, 7) is 7.97. The van der Waals surface area contributed by atoms with Crippen LogP contribution in [0.3, 0.4) is 0 Å². The van der Waals surface area contributed by atoms with Gasteiger partial charge in [-0.2, -0.15) is 10.2 Å². The zero-order chi connectivity index (χ0) is 18.6. The molecule has 1 fully saturated rings. The van der Waals surface area contributed by atoms with E-state index in [2.05, 4.69) is 45.3 Å². The van der Waals surface area contributed by atoms with E-state index in [1.54, 1.807) is 6.20 Å². The molecule has 1 atom stereocenters. The van der Waals surface area contributed by atoms with Crippen LogP contribution < -0.4 is 10.2 Å². The van der Waals surface area contributed by atoms with E-state index in [-0.39, 0.29) is 5.60 Å². The minimum absolute atomic E-state index is 0.171. The van der Waals surface area contributed by atoms with Gasteiger partial charge in [-0.25, -0.2) is 4.98 Å². The van der Waals surface area contributed by atoms with Crippen LogP contribution in [0.5, 0.6) is 0 Å². The van der Waals surface area contributed by atoms with Crippen molar-refractivity contribution in [2.45, 2.75) is 70.9 Å². The van der Waals surface area contributed by atoms with Gasteiger partial charge in [0.2, 0.25) is 5.95 Å². The second-order valence-corrected chi connectivity index (χ2v) is 7.32. The number of hydrogen-bond donors (Lipinski definition) is 1. The summed E-state index contributed by atoms with van der Waals surface area (Å²) in [6.07, 6.45) is 7.42. The van der Waals surface area contributed by atoms with Gasteiger partial charge in [0.05, 0.1) is 11.9 Å². The molecule has 26 heavy (non-hydrogen) atoms. The first kappa shape index (κ1) is 18.4. The number of rotatable bonds is 5. The summed E-state index contributed by atoms with van der Waals surface area (Å²) >= 11 is 0. The largest absolute Gasteiger partial charge is 0.389 e. The SMILES string of the molecule is CCC(CC)Nc1ncc(C#N)c(N2CCCC3(CC2)CC(C)=NO3)n1. The molecule has 0 bridgehead atoms. The number of nitrogens with one attached hydrogen (secondary N) is 1. The lowest BCUT2D eigenvalue weighted by molar-refractivity contribution is -0.0271. The number of oxime groups is 1. The fourth-order valence-electron chi connectivity index (χ4n) is 3.79. The second kappa shape index (κ2) is 7.90. The molecule has 7 nitrogen and oxygen atoms in total. The highest BCUT2D eigenvalue weighted by Crippen LogP contribution is 2.35. The lowest BCUT2D eigenvalue weighted by Gasteiger charge is -2.26. The van der Waals surface area contributed by atoms with Crippen molar-refractivity contribution < 1.29 is 4.84 Å². The van der Waals surface area contributed by atoms with Crippen LogP contribution in [0.25, 0.3) is 0 Å². The maximum Gasteiger partial charge on any atom is 0.224 e. The van der Waals surface area contributed by atoms with Gasteiger partial charge >= 0.3 is 0 Å². The molecule has 1 unspecified atom stereocenters. The Morgan fingerprint density at radius 1 is 1.35 bits per heavy atom. The van der Waals surface area contributed by atoms with Gasteiger partial charge in [0.25, 0.3) is 0 Å². The van der Waals surface area contributed by atoms with E-state index in [1.807, 2.05) is 6.92 Å². The molecule has 1 aromatic rings. The molecule has 3 heterocycles. The molecule has 1 aromatic heterocycles. The average molecular weight is 356 g/mol. The molecule has 1 spiro atoms. The smallest absolute Gasteiger partial charge is 0.224 e. The summed E-state index contributed by atoms with van der Waals surface area (Å²) in [5.41, 5.74) is 1.42. The molecule has 2 aliphatic heterocycles. The summed E-state index contributed by atoms with van der Waals surface area (Å²) in [5, 5.41) is 17.0. The van der Waals surface area contributed by atoms with E-state index in [4.69, 9.17) is 4.84 Å². The van der Waals surface area contributed by atoms with Crippen molar-refractivity contribution in [3.63, 3.8) is 0 Å². The van der Waals surface area contributed by atoms with Crippen LogP contribution in [0.15, 0.2) is 11.4 Å². The maximum absolute atomic E-state index is 9.50. The lowest BCUT2D eigenvalue weighted by atomic mass is 9.90. The van der Waals surface area contributed by atoms with Crippen molar-refractivity contribution in [2.24, 2.45) is 5.16 Å². The van der Waals surface area contributed by atoms with E-state index in [1.165, 1.54) is 0 Å². The van der Waals surface area contributed by atoms with Gasteiger partial charge in [-0.3, -0.25) is 0 Å². The Hall–Kier alpha value is -2.36. The Labute approximate surface area is 155 Å². The van der Waals surface area contributed by atoms with E-state index >= 15 is 0 Å². The molecule has 3 rings (SSSR count). The molecule has 0 saturated carbocycles. The van der Waals surface area contributed by atoms with Crippen molar-refractivity contribution >= 4 is 17.5 Å². The van der Waals surface area contributed by atoms with Crippen molar-refractivity contribution in [1.82, 2.24) is 9.97 Å². The minimum atomic E-state index is -0.171. The van der Waals surface area contributed by atoms with Crippen molar-refractivity contribution in [3.05, 3.63) is 11.8 Å². The lowest BCUT2D eigenvalue weighted by Crippen LogP contribution is -2.32. The predicted molar refractivity (Wildman–Crippen MR) is 102 cm³/mol. The van der Waals surface area contributed by atoms with Gasteiger partial charge in [0.1, 0.15) is 17.2 Å². The summed E-state index contributed by atoms with van der Waals surface area (Å²) in [4.78, 5) is 17.0. The van der Waals surface area contributed by atoms with Crippen molar-refractivity contribution in [3.8, 4) is 6.07 Å². The highest BCUT2D eigenvalue weighted by Gasteiger charge is 2.39. The van der Waals surface area contributed by atoms with Gasteiger partial charge < -0.3 is 15.1 Å². The molecule has 1 saturated heterocycles. The summed E-state index contributed by atoms with van der Waals surface area (Å²) < 4.78 is 0. The van der Waals surface area contributed by atoms with E-state index < -0.39 is 0 Å². The van der Waals surface area contributed by atoms with Crippen molar-refractivity contribution in [1.29, 1.82) is 5.26 Å². The third-order valence-corrected chi connectivity index (χ3v) is 5.38. The van der Waals surface area contributed by atoms with Crippen LogP contribution in [0.2, 0.25) is 0 Å². The average Bonchev–Trinajstić information content (AvgIpc) is 2.90. The Kier molecular flexibility index (Phi) is 5.60. The van der Waals surface area contributed by atoms with Crippen LogP contribution in [-0.2, 0) is 4.84 Å². The summed E-state index contributed by atoms with van der Waals surface area (Å²) in [7, 11) is 0. The Morgan fingerprint density at radius 3 is 2.81 bits per heavy atom. The van der Waals surface area contributed by atoms with Gasteiger partial charge in [-0.05, 0) is 32.6 Å². The standard InChI is InChI=1S/C19H28N6O/c1-4-16(5-2)22-18-21-13-15(12-20)17(23-18)25-9-6-7-19(8-10-25)11-14(3)24-26-19/h13,16H,4-11H2,1-3H3,(H,21,22,23). The van der Waals surface area contributed by atoms with Gasteiger partial charge in [-0.15, -0.1) is 0 Å². The van der Waals surface area contributed by atoms with Gasteiger partial charge in [0.15, 0.2) is 5.82 Å². The second-order valence-electron chi connectivity index (χ2n) is 7.32. The molecule has 2 aliphatic rings. The Balaban J connectivity index is 1.78. The molecule has 0 aromatic carbocycles. The van der Waals surface area contributed by atoms with E-state index in [9.17, 15) is 5.26 Å². The van der Waals surface area contributed by atoms with Crippen LogP contribution in [-0.4, -0.2) is 40.4 Å². The molecular formula is C19H28N6O. The fourth-order valence-corrected chi connectivity index (χ4v) is 3.79. The Morgan fingerprint density at radius 2 is 2.15 bits per heavy atom. The highest BCUT2D eigenvalue weighted by atomic mass is 16.7. The van der Waals surface area contributed by atoms with Gasteiger partial charge in [-0.1, -0.05) is 19.0 Å². The molecule has 0 amide bonds. The first-order valence-corrected chi connectivity index (χ1v) is 9.59. The van der Waals surface area contributed by atoms with Crippen LogP contribution >= 0.6 is 0 Å². The maximum atomic E-state index is 9.50. The molecule has 1 N–H and O–H groups in total. The fraction of sp³-hybridized carbons (Fsp3) is 0.684. The summed E-state index contributed by atoms with van der Waals surface area (Å²) in [5.74, 6) is 1.33. The molecular weight excluding hydrogens is 328 g/mol. The van der Waals surface area contributed by atoms with Crippen LogP contribution in [0.1, 0.15) is 64.9 Å². The monoisotopic (exact) mass is 356 g/mol. The van der Waals surface area contributed by atoms with Gasteiger partial charge in [0, 0.05) is 32.0 Å². The number of nitrogens with zero attached hydrogens (tertiary/aromatic N) is 5. The predicted octanol–water partition coefficient (Wildman–Crippen LogP) is 3.47. The minimum Gasteiger partial charge on any atom is -0.389 e. The van der Waals surface area contributed by atoms with Crippen LogP contribution in [0.4, 0.5) is 11.8 Å². The molecule has 140 valence electrons. The zero-order valence-electron chi connectivity index (χ0n) is 16.0. The zero-order valence-corrected chi connectivity index (χ0v) is 16.0. The van der Waals surface area contributed by atoms with E-state index in [0.29, 0.717) is 17.6 Å². The molecule has 0 aliphatic carbocycles. The molecule has 0 radical (unpaired) electrons. The quantitative estimate of drug-likeness (QED) is 0.869. The number of anilines is 2. The number of aromatic nitrogens is 2. The first-order chi connectivity index (χ1) is 12.6.